The molecule has 0 aliphatic rings. The van der Waals surface area contributed by atoms with Crippen LogP contribution in [0.3, 0.4) is 0 Å². The SMILES string of the molecule is CCCOC(=O)C(CC)S(=O)CC(=O)O. The molecule has 0 aromatic heterocycles. The fourth-order valence-electron chi connectivity index (χ4n) is 0.978. The Hall–Kier alpha value is -0.910. The van der Waals surface area contributed by atoms with Gasteiger partial charge in [0.1, 0.15) is 11.0 Å². The molecule has 0 amide bonds. The second-order valence-corrected chi connectivity index (χ2v) is 4.60. The van der Waals surface area contributed by atoms with Gasteiger partial charge in [-0.3, -0.25) is 13.8 Å². The van der Waals surface area contributed by atoms with Crippen molar-refractivity contribution in [3.05, 3.63) is 0 Å². The molecule has 15 heavy (non-hydrogen) atoms. The van der Waals surface area contributed by atoms with E-state index in [9.17, 15) is 13.8 Å². The third kappa shape index (κ3) is 5.51. The quantitative estimate of drug-likeness (QED) is 0.653. The van der Waals surface area contributed by atoms with Gasteiger partial charge in [0.15, 0.2) is 0 Å². The fraction of sp³-hybridized carbons (Fsp3) is 0.778. The number of carbonyl (C=O) groups is 2. The Bertz CT molecular complexity index is 251. The molecular formula is C9H16O5S. The summed E-state index contributed by atoms with van der Waals surface area (Å²) in [5.41, 5.74) is 0. The Morgan fingerprint density at radius 1 is 1.40 bits per heavy atom. The van der Waals surface area contributed by atoms with E-state index in [1.165, 1.54) is 0 Å². The van der Waals surface area contributed by atoms with E-state index in [4.69, 9.17) is 9.84 Å². The summed E-state index contributed by atoms with van der Waals surface area (Å²) in [5.74, 6) is -2.26. The zero-order chi connectivity index (χ0) is 11.8. The molecule has 0 aliphatic carbocycles. The first kappa shape index (κ1) is 14.1. The number of carboxylic acid groups (broad SMARTS) is 1. The van der Waals surface area contributed by atoms with Crippen molar-refractivity contribution in [3.8, 4) is 0 Å². The van der Waals surface area contributed by atoms with Crippen LogP contribution in [0.1, 0.15) is 26.7 Å². The van der Waals surface area contributed by atoms with Crippen molar-refractivity contribution in [2.45, 2.75) is 31.9 Å². The molecule has 0 spiro atoms. The molecule has 2 unspecified atom stereocenters. The highest BCUT2D eigenvalue weighted by Gasteiger charge is 2.26. The smallest absolute Gasteiger partial charge is 0.321 e. The largest absolute Gasteiger partial charge is 0.481 e. The maximum atomic E-state index is 11.4. The number of carboxylic acids is 1. The van der Waals surface area contributed by atoms with Gasteiger partial charge in [-0.25, -0.2) is 0 Å². The molecule has 0 fully saturated rings. The van der Waals surface area contributed by atoms with Crippen molar-refractivity contribution in [2.75, 3.05) is 12.4 Å². The van der Waals surface area contributed by atoms with Gasteiger partial charge in [0, 0.05) is 10.8 Å². The van der Waals surface area contributed by atoms with Crippen LogP contribution in [0.4, 0.5) is 0 Å². The molecule has 88 valence electrons. The van der Waals surface area contributed by atoms with E-state index in [-0.39, 0.29) is 6.61 Å². The summed E-state index contributed by atoms with van der Waals surface area (Å²) in [5, 5.41) is 7.61. The van der Waals surface area contributed by atoms with Crippen molar-refractivity contribution >= 4 is 22.7 Å². The molecule has 1 N–H and O–H groups in total. The molecule has 0 bridgehead atoms. The molecule has 0 aromatic carbocycles. The first-order valence-corrected chi connectivity index (χ1v) is 6.16. The van der Waals surface area contributed by atoms with E-state index in [1.54, 1.807) is 6.92 Å². The predicted octanol–water partition coefficient (Wildman–Crippen LogP) is 0.552. The van der Waals surface area contributed by atoms with E-state index < -0.39 is 33.7 Å². The molecule has 0 saturated carbocycles. The molecular weight excluding hydrogens is 220 g/mol. The van der Waals surface area contributed by atoms with Crippen molar-refractivity contribution in [2.24, 2.45) is 0 Å². The summed E-state index contributed by atoms with van der Waals surface area (Å²) in [4.78, 5) is 21.7. The molecule has 2 atom stereocenters. The molecule has 0 radical (unpaired) electrons. The van der Waals surface area contributed by atoms with Gasteiger partial charge in [-0.2, -0.15) is 0 Å². The zero-order valence-corrected chi connectivity index (χ0v) is 9.71. The number of aliphatic carboxylic acids is 1. The third-order valence-corrected chi connectivity index (χ3v) is 3.36. The standard InChI is InChI=1S/C9H16O5S/c1-3-5-14-9(12)7(4-2)15(13)6-8(10)11/h7H,3-6H2,1-2H3,(H,10,11). The lowest BCUT2D eigenvalue weighted by Crippen LogP contribution is -2.31. The number of hydrogen-bond donors (Lipinski definition) is 1. The normalized spacial score (nSPS) is 14.3. The first-order valence-electron chi connectivity index (χ1n) is 4.78. The van der Waals surface area contributed by atoms with E-state index >= 15 is 0 Å². The highest BCUT2D eigenvalue weighted by Crippen LogP contribution is 2.05. The van der Waals surface area contributed by atoms with Crippen molar-refractivity contribution in [3.63, 3.8) is 0 Å². The predicted molar refractivity (Wildman–Crippen MR) is 56.0 cm³/mol. The Morgan fingerprint density at radius 3 is 2.40 bits per heavy atom. The highest BCUT2D eigenvalue weighted by atomic mass is 32.2. The summed E-state index contributed by atoms with van der Waals surface area (Å²) < 4.78 is 16.2. The fourth-order valence-corrected chi connectivity index (χ4v) is 2.08. The summed E-state index contributed by atoms with van der Waals surface area (Å²) >= 11 is 0. The monoisotopic (exact) mass is 236 g/mol. The molecule has 0 aliphatic heterocycles. The van der Waals surface area contributed by atoms with Gasteiger partial charge in [-0.05, 0) is 12.8 Å². The number of hydrogen-bond acceptors (Lipinski definition) is 4. The van der Waals surface area contributed by atoms with Crippen LogP contribution in [0, 0.1) is 0 Å². The topological polar surface area (TPSA) is 80.7 Å². The lowest BCUT2D eigenvalue weighted by Gasteiger charge is -2.12. The van der Waals surface area contributed by atoms with Gasteiger partial charge in [0.25, 0.3) is 0 Å². The van der Waals surface area contributed by atoms with Crippen molar-refractivity contribution < 1.29 is 23.6 Å². The maximum absolute atomic E-state index is 11.4. The summed E-state index contributed by atoms with van der Waals surface area (Å²) in [6.07, 6.45) is 1.01. The van der Waals surface area contributed by atoms with Gasteiger partial charge in [0.05, 0.1) is 6.61 Å². The van der Waals surface area contributed by atoms with E-state index in [0.717, 1.165) is 0 Å². The Morgan fingerprint density at radius 2 is 2.00 bits per heavy atom. The van der Waals surface area contributed by atoms with Crippen molar-refractivity contribution in [1.29, 1.82) is 0 Å². The van der Waals surface area contributed by atoms with E-state index in [1.807, 2.05) is 6.92 Å². The van der Waals surface area contributed by atoms with Crippen LogP contribution in [0.15, 0.2) is 0 Å². The van der Waals surface area contributed by atoms with Crippen LogP contribution in [-0.2, 0) is 25.1 Å². The minimum absolute atomic E-state index is 0.277. The van der Waals surface area contributed by atoms with Gasteiger partial charge >= 0.3 is 11.9 Å². The first-order chi connectivity index (χ1) is 7.02. The Kier molecular flexibility index (Phi) is 6.94. The second-order valence-electron chi connectivity index (χ2n) is 2.98. The molecule has 0 saturated heterocycles. The third-order valence-electron chi connectivity index (χ3n) is 1.67. The lowest BCUT2D eigenvalue weighted by atomic mass is 10.3. The van der Waals surface area contributed by atoms with Crippen LogP contribution in [0.25, 0.3) is 0 Å². The number of rotatable bonds is 7. The average molecular weight is 236 g/mol. The van der Waals surface area contributed by atoms with Crippen LogP contribution >= 0.6 is 0 Å². The summed E-state index contributed by atoms with van der Waals surface area (Å²) in [6, 6.07) is 0. The number of carbonyl (C=O) groups excluding carboxylic acids is 1. The summed E-state index contributed by atoms with van der Waals surface area (Å²) in [6.45, 7) is 3.81. The number of ether oxygens (including phenoxy) is 1. The van der Waals surface area contributed by atoms with Gasteiger partial charge in [-0.1, -0.05) is 13.8 Å². The molecule has 0 heterocycles. The van der Waals surface area contributed by atoms with E-state index in [0.29, 0.717) is 12.8 Å². The van der Waals surface area contributed by atoms with Crippen LogP contribution < -0.4 is 0 Å². The van der Waals surface area contributed by atoms with Crippen LogP contribution in [0.5, 0.6) is 0 Å². The highest BCUT2D eigenvalue weighted by molar-refractivity contribution is 7.87. The molecule has 5 nitrogen and oxygen atoms in total. The maximum Gasteiger partial charge on any atom is 0.321 e. The van der Waals surface area contributed by atoms with Gasteiger partial charge in [-0.15, -0.1) is 0 Å². The lowest BCUT2D eigenvalue weighted by molar-refractivity contribution is -0.143. The minimum atomic E-state index is -1.70. The molecule has 6 heteroatoms. The minimum Gasteiger partial charge on any atom is -0.481 e. The van der Waals surface area contributed by atoms with Gasteiger partial charge in [0.2, 0.25) is 0 Å². The Balaban J connectivity index is 4.27. The molecule has 0 aromatic rings. The summed E-state index contributed by atoms with van der Waals surface area (Å²) in [7, 11) is -1.70. The number of esters is 1. The van der Waals surface area contributed by atoms with Crippen molar-refractivity contribution in [1.82, 2.24) is 0 Å². The van der Waals surface area contributed by atoms with E-state index in [2.05, 4.69) is 0 Å². The average Bonchev–Trinajstić information content (AvgIpc) is 2.14. The Labute approximate surface area is 91.3 Å². The van der Waals surface area contributed by atoms with Crippen LogP contribution in [0.2, 0.25) is 0 Å². The molecule has 0 rings (SSSR count). The second kappa shape index (κ2) is 7.39. The van der Waals surface area contributed by atoms with Crippen LogP contribution in [-0.4, -0.2) is 38.9 Å². The zero-order valence-electron chi connectivity index (χ0n) is 8.89. The van der Waals surface area contributed by atoms with Gasteiger partial charge < -0.3 is 9.84 Å².